The Morgan fingerprint density at radius 2 is 1.84 bits per heavy atom. The van der Waals surface area contributed by atoms with Crippen LogP contribution in [0.4, 0.5) is 11.4 Å². The normalized spacial score (nSPS) is 11.0. The van der Waals surface area contributed by atoms with Crippen LogP contribution < -0.4 is 14.8 Å². The number of carbonyl (C=O) groups is 1. The molecule has 0 fully saturated rings. The Labute approximate surface area is 221 Å². The zero-order valence-corrected chi connectivity index (χ0v) is 21.2. The summed E-state index contributed by atoms with van der Waals surface area (Å²) in [6, 6.07) is 24.9. The minimum atomic E-state index is -0.749. The van der Waals surface area contributed by atoms with E-state index in [1.165, 1.54) is 31.4 Å². The summed E-state index contributed by atoms with van der Waals surface area (Å²) in [6.45, 7) is 0.281. The van der Waals surface area contributed by atoms with E-state index in [-0.39, 0.29) is 29.3 Å². The summed E-state index contributed by atoms with van der Waals surface area (Å²) in [5.74, 6) is -0.0521. The number of halogens is 1. The van der Waals surface area contributed by atoms with Crippen molar-refractivity contribution in [3.8, 4) is 17.6 Å². The molecule has 0 aliphatic heterocycles. The maximum absolute atomic E-state index is 12.9. The number of benzene rings is 4. The van der Waals surface area contributed by atoms with Gasteiger partial charge in [-0.2, -0.15) is 5.26 Å². The number of non-ortho nitro benzene ring substituents is 1. The predicted molar refractivity (Wildman–Crippen MR) is 144 cm³/mol. The molecule has 0 saturated heterocycles. The summed E-state index contributed by atoms with van der Waals surface area (Å²) >= 11 is 3.42. The molecular weight excluding hydrogens is 538 g/mol. The number of nitriles is 1. The lowest BCUT2D eigenvalue weighted by Crippen LogP contribution is -2.14. The molecule has 4 rings (SSSR count). The number of carbonyl (C=O) groups excluding carboxylic acids is 1. The van der Waals surface area contributed by atoms with Crippen molar-refractivity contribution >= 4 is 50.1 Å². The van der Waals surface area contributed by atoms with Crippen LogP contribution >= 0.6 is 15.9 Å². The van der Waals surface area contributed by atoms with Crippen LogP contribution in [0, 0.1) is 21.4 Å². The third-order valence-corrected chi connectivity index (χ3v) is 6.04. The molecular formula is C28H20BrN3O5. The van der Waals surface area contributed by atoms with E-state index in [2.05, 4.69) is 21.2 Å². The van der Waals surface area contributed by atoms with E-state index in [0.717, 1.165) is 20.8 Å². The van der Waals surface area contributed by atoms with E-state index in [0.29, 0.717) is 11.3 Å². The van der Waals surface area contributed by atoms with Crippen LogP contribution in [-0.2, 0) is 11.4 Å². The van der Waals surface area contributed by atoms with Gasteiger partial charge in [0.1, 0.15) is 29.7 Å². The monoisotopic (exact) mass is 557 g/mol. The number of anilines is 1. The Morgan fingerprint density at radius 1 is 1.08 bits per heavy atom. The second-order valence-corrected chi connectivity index (χ2v) is 8.79. The summed E-state index contributed by atoms with van der Waals surface area (Å²) in [7, 11) is 1.37. The number of rotatable bonds is 8. The number of nitrogens with one attached hydrogen (secondary N) is 1. The minimum absolute atomic E-state index is 0.0736. The Balaban J connectivity index is 1.61. The largest absolute Gasteiger partial charge is 0.495 e. The Morgan fingerprint density at radius 3 is 2.59 bits per heavy atom. The molecule has 37 heavy (non-hydrogen) atoms. The number of hydrogen-bond acceptors (Lipinski definition) is 6. The molecule has 4 aromatic carbocycles. The van der Waals surface area contributed by atoms with Crippen LogP contribution in [0.1, 0.15) is 11.1 Å². The van der Waals surface area contributed by atoms with Gasteiger partial charge >= 0.3 is 0 Å². The van der Waals surface area contributed by atoms with Crippen molar-refractivity contribution in [3.63, 3.8) is 0 Å². The number of fused-ring (bicyclic) bond motifs is 1. The fourth-order valence-corrected chi connectivity index (χ4v) is 4.12. The Bertz CT molecular complexity index is 1570. The topological polar surface area (TPSA) is 114 Å². The summed E-state index contributed by atoms with van der Waals surface area (Å²) < 4.78 is 12.0. The summed E-state index contributed by atoms with van der Waals surface area (Å²) in [5, 5.41) is 25.6. The Kier molecular flexibility index (Phi) is 7.81. The van der Waals surface area contributed by atoms with Crippen LogP contribution in [0.3, 0.4) is 0 Å². The van der Waals surface area contributed by atoms with Gasteiger partial charge in [0.15, 0.2) is 0 Å². The number of ether oxygens (including phenoxy) is 2. The molecule has 4 aromatic rings. The van der Waals surface area contributed by atoms with Gasteiger partial charge in [-0.1, -0.05) is 58.4 Å². The highest BCUT2D eigenvalue weighted by molar-refractivity contribution is 9.10. The first-order chi connectivity index (χ1) is 17.9. The zero-order valence-electron chi connectivity index (χ0n) is 19.6. The lowest BCUT2D eigenvalue weighted by atomic mass is 10.1. The molecule has 0 atom stereocenters. The SMILES string of the molecule is COc1ccc([N+](=O)[O-])cc1NC(=O)/C(C#N)=C/c1cc(Br)ccc1OCc1cccc2ccccc12. The lowest BCUT2D eigenvalue weighted by molar-refractivity contribution is -0.384. The van der Waals surface area contributed by atoms with Gasteiger partial charge in [-0.25, -0.2) is 0 Å². The molecule has 184 valence electrons. The standard InChI is InChI=1S/C28H20BrN3O5/c1-36-27-12-10-23(32(34)35)15-25(27)31-28(33)21(16-30)13-20-14-22(29)9-11-26(20)37-17-19-7-4-6-18-5-2-3-8-24(18)19/h2-15H,17H2,1H3,(H,31,33)/b21-13+. The summed E-state index contributed by atoms with van der Waals surface area (Å²) in [5.41, 5.74) is 1.13. The summed E-state index contributed by atoms with van der Waals surface area (Å²) in [4.78, 5) is 23.5. The van der Waals surface area contributed by atoms with Crippen molar-refractivity contribution in [2.45, 2.75) is 6.61 Å². The van der Waals surface area contributed by atoms with Crippen LogP contribution in [0.2, 0.25) is 0 Å². The van der Waals surface area contributed by atoms with Gasteiger partial charge in [0.25, 0.3) is 11.6 Å². The van der Waals surface area contributed by atoms with Gasteiger partial charge in [0, 0.05) is 22.2 Å². The number of hydrogen-bond donors (Lipinski definition) is 1. The van der Waals surface area contributed by atoms with E-state index in [1.54, 1.807) is 18.2 Å². The van der Waals surface area contributed by atoms with Gasteiger partial charge in [-0.3, -0.25) is 14.9 Å². The van der Waals surface area contributed by atoms with E-state index in [1.807, 2.05) is 48.5 Å². The van der Waals surface area contributed by atoms with E-state index < -0.39 is 10.8 Å². The first kappa shape index (κ1) is 25.4. The van der Waals surface area contributed by atoms with Crippen molar-refractivity contribution in [2.24, 2.45) is 0 Å². The lowest BCUT2D eigenvalue weighted by Gasteiger charge is -2.13. The van der Waals surface area contributed by atoms with E-state index >= 15 is 0 Å². The predicted octanol–water partition coefficient (Wildman–Crippen LogP) is 6.64. The van der Waals surface area contributed by atoms with Crippen LogP contribution in [0.5, 0.6) is 11.5 Å². The molecule has 0 aliphatic rings. The molecule has 0 spiro atoms. The zero-order chi connectivity index (χ0) is 26.4. The van der Waals surface area contributed by atoms with Crippen molar-refractivity contribution in [3.05, 3.63) is 110 Å². The molecule has 0 heterocycles. The average Bonchev–Trinajstić information content (AvgIpc) is 2.91. The number of methoxy groups -OCH3 is 1. The van der Waals surface area contributed by atoms with Crippen molar-refractivity contribution in [2.75, 3.05) is 12.4 Å². The highest BCUT2D eigenvalue weighted by atomic mass is 79.9. The third kappa shape index (κ3) is 5.94. The second-order valence-electron chi connectivity index (χ2n) is 7.87. The molecule has 0 radical (unpaired) electrons. The molecule has 1 amide bonds. The molecule has 0 unspecified atom stereocenters. The minimum Gasteiger partial charge on any atom is -0.495 e. The number of amides is 1. The fourth-order valence-electron chi connectivity index (χ4n) is 3.74. The first-order valence-electron chi connectivity index (χ1n) is 11.0. The third-order valence-electron chi connectivity index (χ3n) is 5.54. The van der Waals surface area contributed by atoms with Gasteiger partial charge in [0.05, 0.1) is 17.7 Å². The smallest absolute Gasteiger partial charge is 0.271 e. The maximum Gasteiger partial charge on any atom is 0.271 e. The molecule has 1 N–H and O–H groups in total. The Hall–Kier alpha value is -4.68. The molecule has 0 aromatic heterocycles. The quantitative estimate of drug-likeness (QED) is 0.112. The number of nitro benzene ring substituents is 1. The first-order valence-corrected chi connectivity index (χ1v) is 11.8. The summed E-state index contributed by atoms with van der Waals surface area (Å²) in [6.07, 6.45) is 1.41. The van der Waals surface area contributed by atoms with Gasteiger partial charge in [-0.05, 0) is 46.7 Å². The average molecular weight is 558 g/mol. The molecule has 9 heteroatoms. The highest BCUT2D eigenvalue weighted by Crippen LogP contribution is 2.31. The highest BCUT2D eigenvalue weighted by Gasteiger charge is 2.17. The molecule has 0 saturated carbocycles. The van der Waals surface area contributed by atoms with Crippen LogP contribution in [0.25, 0.3) is 16.8 Å². The van der Waals surface area contributed by atoms with Crippen LogP contribution in [-0.4, -0.2) is 17.9 Å². The fraction of sp³-hybridized carbons (Fsp3) is 0.0714. The molecule has 0 bridgehead atoms. The van der Waals surface area contributed by atoms with Crippen LogP contribution in [0.15, 0.2) is 88.9 Å². The molecule has 8 nitrogen and oxygen atoms in total. The van der Waals surface area contributed by atoms with E-state index in [9.17, 15) is 20.2 Å². The number of nitro groups is 1. The van der Waals surface area contributed by atoms with Crippen molar-refractivity contribution in [1.29, 1.82) is 5.26 Å². The van der Waals surface area contributed by atoms with E-state index in [4.69, 9.17) is 9.47 Å². The van der Waals surface area contributed by atoms with Gasteiger partial charge in [0.2, 0.25) is 0 Å². The maximum atomic E-state index is 12.9. The van der Waals surface area contributed by atoms with Gasteiger partial charge < -0.3 is 14.8 Å². The van der Waals surface area contributed by atoms with Gasteiger partial charge in [-0.15, -0.1) is 0 Å². The van der Waals surface area contributed by atoms with Crippen molar-refractivity contribution < 1.29 is 19.2 Å². The van der Waals surface area contributed by atoms with Crippen molar-refractivity contribution in [1.82, 2.24) is 0 Å². The molecule has 0 aliphatic carbocycles. The second kappa shape index (κ2) is 11.4. The number of nitrogens with zero attached hydrogens (tertiary/aromatic N) is 2.